The molecule has 0 saturated carbocycles. The number of esters is 1. The summed E-state index contributed by atoms with van der Waals surface area (Å²) in [5.41, 5.74) is 2.24. The van der Waals surface area contributed by atoms with Gasteiger partial charge in [-0.05, 0) is 55.3 Å². The molecule has 0 atom stereocenters. The number of benzene rings is 2. The number of aromatic hydroxyl groups is 1. The van der Waals surface area contributed by atoms with Gasteiger partial charge in [0.15, 0.2) is 0 Å². The Balaban J connectivity index is 0.00000588. The van der Waals surface area contributed by atoms with Crippen molar-refractivity contribution in [1.82, 2.24) is 20.5 Å². The number of fused-ring (bicyclic) bond motifs is 1. The molecule has 2 aromatic carbocycles. The molecule has 0 radical (unpaired) electrons. The highest BCUT2D eigenvalue weighted by Gasteiger charge is 2.26. The average molecular weight is 607 g/mol. The standard InChI is InChI=1S/C29H39ClN4O5S.CH4/c1-20(35)39-19-29(2,3)18-34(25(37)12-15-31-13-10-21-4-7-23(30)8-5-21)17-16-32-14-11-22-6-9-24(36)26-27(22)40-28(38)33-26;/h4-9,31-32,36H,10-19H2,1-3H3,(H,33,38);1H4. The molecule has 226 valence electrons. The second-order valence-electron chi connectivity index (χ2n) is 10.6. The Morgan fingerprint density at radius 3 is 2.44 bits per heavy atom. The van der Waals surface area contributed by atoms with Crippen LogP contribution in [-0.4, -0.2) is 72.7 Å². The van der Waals surface area contributed by atoms with E-state index in [1.165, 1.54) is 12.5 Å². The summed E-state index contributed by atoms with van der Waals surface area (Å²) in [6.45, 7) is 9.10. The second-order valence-corrected chi connectivity index (χ2v) is 12.0. The van der Waals surface area contributed by atoms with Gasteiger partial charge >= 0.3 is 10.8 Å². The van der Waals surface area contributed by atoms with Crippen LogP contribution < -0.4 is 15.5 Å². The summed E-state index contributed by atoms with van der Waals surface area (Å²) in [6.07, 6.45) is 1.89. The Morgan fingerprint density at radius 1 is 1.05 bits per heavy atom. The second kappa shape index (κ2) is 16.5. The number of halogens is 1. The molecule has 0 saturated heterocycles. The number of phenolic OH excluding ortho intramolecular Hbond substituents is 1. The molecule has 41 heavy (non-hydrogen) atoms. The number of phenols is 1. The van der Waals surface area contributed by atoms with E-state index >= 15 is 0 Å². The first kappa shape index (κ1) is 34.3. The minimum atomic E-state index is -0.396. The Bertz CT molecular complexity index is 1320. The number of carbonyl (C=O) groups is 2. The van der Waals surface area contributed by atoms with Gasteiger partial charge in [-0.2, -0.15) is 0 Å². The molecule has 1 amide bonds. The summed E-state index contributed by atoms with van der Waals surface area (Å²) in [5, 5.41) is 17.4. The van der Waals surface area contributed by atoms with Crippen LogP contribution in [0.15, 0.2) is 41.2 Å². The van der Waals surface area contributed by atoms with E-state index in [0.29, 0.717) is 56.1 Å². The third-order valence-electron chi connectivity index (χ3n) is 6.43. The van der Waals surface area contributed by atoms with E-state index in [2.05, 4.69) is 15.6 Å². The Hall–Kier alpha value is -2.92. The number of thiazole rings is 1. The monoisotopic (exact) mass is 606 g/mol. The molecule has 0 aliphatic rings. The first-order valence-corrected chi connectivity index (χ1v) is 14.6. The van der Waals surface area contributed by atoms with Crippen molar-refractivity contribution in [2.75, 3.05) is 45.9 Å². The molecule has 1 heterocycles. The molecule has 1 aromatic heterocycles. The zero-order valence-corrected chi connectivity index (χ0v) is 24.9. The molecule has 4 N–H and O–H groups in total. The van der Waals surface area contributed by atoms with Crippen LogP contribution in [0.25, 0.3) is 10.2 Å². The van der Waals surface area contributed by atoms with Gasteiger partial charge in [-0.1, -0.05) is 62.4 Å². The molecule has 11 heteroatoms. The number of aromatic nitrogens is 1. The molecule has 0 fully saturated rings. The summed E-state index contributed by atoms with van der Waals surface area (Å²) in [7, 11) is 0. The van der Waals surface area contributed by atoms with Gasteiger partial charge in [0.25, 0.3) is 0 Å². The zero-order chi connectivity index (χ0) is 29.1. The van der Waals surface area contributed by atoms with Gasteiger partial charge in [0, 0.05) is 50.0 Å². The molecule has 0 aliphatic carbocycles. The third kappa shape index (κ3) is 11.5. The summed E-state index contributed by atoms with van der Waals surface area (Å²) >= 11 is 7.03. The highest BCUT2D eigenvalue weighted by Crippen LogP contribution is 2.27. The van der Waals surface area contributed by atoms with Crippen molar-refractivity contribution in [3.8, 4) is 5.75 Å². The number of amides is 1. The maximum atomic E-state index is 13.2. The molecular weight excluding hydrogens is 564 g/mol. The van der Waals surface area contributed by atoms with Crippen LogP contribution in [0.2, 0.25) is 5.02 Å². The van der Waals surface area contributed by atoms with Crippen LogP contribution in [-0.2, 0) is 27.2 Å². The lowest BCUT2D eigenvalue weighted by Crippen LogP contribution is -2.45. The molecule has 0 aliphatic heterocycles. The van der Waals surface area contributed by atoms with Gasteiger partial charge in [0.1, 0.15) is 11.3 Å². The van der Waals surface area contributed by atoms with Gasteiger partial charge in [-0.3, -0.25) is 14.4 Å². The molecular formula is C30H43ClN4O5S. The van der Waals surface area contributed by atoms with Crippen molar-refractivity contribution < 1.29 is 19.4 Å². The number of ether oxygens (including phenoxy) is 1. The molecule has 3 aromatic rings. The Labute approximate surface area is 251 Å². The minimum Gasteiger partial charge on any atom is -0.506 e. The van der Waals surface area contributed by atoms with Crippen molar-refractivity contribution in [2.45, 2.75) is 47.5 Å². The van der Waals surface area contributed by atoms with Crippen LogP contribution in [0.1, 0.15) is 45.7 Å². The Kier molecular flexibility index (Phi) is 13.8. The third-order valence-corrected chi connectivity index (χ3v) is 7.64. The molecule has 9 nitrogen and oxygen atoms in total. The van der Waals surface area contributed by atoms with E-state index in [4.69, 9.17) is 16.3 Å². The predicted molar refractivity (Wildman–Crippen MR) is 167 cm³/mol. The van der Waals surface area contributed by atoms with E-state index in [0.717, 1.165) is 34.6 Å². The fourth-order valence-corrected chi connectivity index (χ4v) is 5.37. The maximum absolute atomic E-state index is 13.2. The van der Waals surface area contributed by atoms with Crippen LogP contribution in [0, 0.1) is 5.41 Å². The van der Waals surface area contributed by atoms with Crippen molar-refractivity contribution >= 4 is 45.0 Å². The summed E-state index contributed by atoms with van der Waals surface area (Å²) < 4.78 is 6.00. The number of aromatic amines is 1. The predicted octanol–water partition coefficient (Wildman–Crippen LogP) is 4.36. The quantitative estimate of drug-likeness (QED) is 0.141. The molecule has 0 bridgehead atoms. The fourth-order valence-electron chi connectivity index (χ4n) is 4.35. The van der Waals surface area contributed by atoms with E-state index < -0.39 is 5.41 Å². The van der Waals surface area contributed by atoms with Crippen molar-refractivity contribution in [3.63, 3.8) is 0 Å². The number of nitrogens with one attached hydrogen (secondary N) is 3. The minimum absolute atomic E-state index is 0. The van der Waals surface area contributed by atoms with Crippen LogP contribution in [0.3, 0.4) is 0 Å². The van der Waals surface area contributed by atoms with Crippen molar-refractivity contribution in [3.05, 3.63) is 62.2 Å². The average Bonchev–Trinajstić information content (AvgIpc) is 3.31. The molecule has 3 rings (SSSR count). The summed E-state index contributed by atoms with van der Waals surface area (Å²) in [6, 6.07) is 11.2. The lowest BCUT2D eigenvalue weighted by Gasteiger charge is -2.32. The normalized spacial score (nSPS) is 11.3. The topological polar surface area (TPSA) is 124 Å². The lowest BCUT2D eigenvalue weighted by molar-refractivity contribution is -0.145. The number of hydrogen-bond donors (Lipinski definition) is 4. The van der Waals surface area contributed by atoms with Gasteiger partial charge < -0.3 is 30.4 Å². The highest BCUT2D eigenvalue weighted by molar-refractivity contribution is 7.16. The molecule has 0 unspecified atom stereocenters. The number of hydrogen-bond acceptors (Lipinski definition) is 8. The Morgan fingerprint density at radius 2 is 1.73 bits per heavy atom. The van der Waals surface area contributed by atoms with Crippen molar-refractivity contribution in [1.29, 1.82) is 0 Å². The number of carbonyl (C=O) groups excluding carboxylic acids is 2. The largest absolute Gasteiger partial charge is 0.506 e. The van der Waals surface area contributed by atoms with Crippen molar-refractivity contribution in [2.24, 2.45) is 5.41 Å². The van der Waals surface area contributed by atoms with E-state index in [1.54, 1.807) is 6.07 Å². The van der Waals surface area contributed by atoms with Gasteiger partial charge in [0.2, 0.25) is 5.91 Å². The van der Waals surface area contributed by atoms with Crippen LogP contribution in [0.4, 0.5) is 0 Å². The zero-order valence-electron chi connectivity index (χ0n) is 23.3. The van der Waals surface area contributed by atoms with Gasteiger partial charge in [-0.25, -0.2) is 0 Å². The highest BCUT2D eigenvalue weighted by atomic mass is 35.5. The maximum Gasteiger partial charge on any atom is 0.305 e. The first-order valence-electron chi connectivity index (χ1n) is 13.4. The van der Waals surface area contributed by atoms with Gasteiger partial charge in [0.05, 0.1) is 11.3 Å². The van der Waals surface area contributed by atoms with Gasteiger partial charge in [-0.15, -0.1) is 0 Å². The van der Waals surface area contributed by atoms with E-state index in [-0.39, 0.29) is 36.5 Å². The SMILES string of the molecule is C.CC(=O)OCC(C)(C)CN(CCNCCc1ccc(O)c2[nH]c(=O)sc12)C(=O)CCNCCc1ccc(Cl)cc1. The summed E-state index contributed by atoms with van der Waals surface area (Å²) in [5.74, 6) is -0.239. The summed E-state index contributed by atoms with van der Waals surface area (Å²) in [4.78, 5) is 40.6. The van der Waals surface area contributed by atoms with Crippen LogP contribution >= 0.6 is 22.9 Å². The fraction of sp³-hybridized carbons (Fsp3) is 0.500. The lowest BCUT2D eigenvalue weighted by atomic mass is 9.93. The first-order chi connectivity index (χ1) is 19.0. The number of nitrogens with zero attached hydrogens (tertiary/aromatic N) is 1. The van der Waals surface area contributed by atoms with E-state index in [1.807, 2.05) is 49.1 Å². The van der Waals surface area contributed by atoms with Crippen LogP contribution in [0.5, 0.6) is 5.75 Å². The number of rotatable bonds is 16. The van der Waals surface area contributed by atoms with E-state index in [9.17, 15) is 19.5 Å². The smallest absolute Gasteiger partial charge is 0.305 e. The number of H-pyrrole nitrogens is 1. The molecule has 0 spiro atoms.